The maximum Gasteiger partial charge on any atom is 0.254 e. The van der Waals surface area contributed by atoms with Gasteiger partial charge in [0.05, 0.1) is 0 Å². The van der Waals surface area contributed by atoms with Crippen LogP contribution in [0.1, 0.15) is 36.0 Å². The van der Waals surface area contributed by atoms with Crippen LogP contribution in [0.5, 0.6) is 0 Å². The number of hydrogen-bond donors (Lipinski definition) is 0. The summed E-state index contributed by atoms with van der Waals surface area (Å²) in [5, 5.41) is 0.675. The molecule has 2 fully saturated rings. The number of fused-ring (bicyclic) bond motifs is 2. The summed E-state index contributed by atoms with van der Waals surface area (Å²) in [6.45, 7) is 0. The number of carbonyl (C=O) groups excluding carboxylic acids is 1. The Hall–Kier alpha value is -1.03. The molecule has 2 bridgehead atoms. The summed E-state index contributed by atoms with van der Waals surface area (Å²) in [4.78, 5) is 14.6. The number of benzene rings is 1. The first kappa shape index (κ1) is 13.0. The average Bonchev–Trinajstić information content (AvgIpc) is 2.68. The minimum absolute atomic E-state index is 0.00607. The zero-order valence-corrected chi connectivity index (χ0v) is 11.8. The van der Waals surface area contributed by atoms with Gasteiger partial charge in [-0.2, -0.15) is 11.8 Å². The molecule has 0 radical (unpaired) electrons. The second-order valence-electron chi connectivity index (χ2n) is 5.44. The molecule has 0 saturated carbocycles. The van der Waals surface area contributed by atoms with E-state index < -0.39 is 0 Å². The van der Waals surface area contributed by atoms with Crippen molar-refractivity contribution in [2.45, 2.75) is 43.0 Å². The van der Waals surface area contributed by atoms with Crippen LogP contribution in [0.25, 0.3) is 0 Å². The van der Waals surface area contributed by atoms with Crippen molar-refractivity contribution < 1.29 is 9.18 Å². The fourth-order valence-corrected chi connectivity index (χ4v) is 4.25. The zero-order valence-electron chi connectivity index (χ0n) is 11.0. The van der Waals surface area contributed by atoms with Crippen LogP contribution in [-0.2, 0) is 0 Å². The first-order valence-electron chi connectivity index (χ1n) is 6.80. The van der Waals surface area contributed by atoms with Crippen LogP contribution >= 0.6 is 11.8 Å². The van der Waals surface area contributed by atoms with Gasteiger partial charge in [-0.25, -0.2) is 4.39 Å². The molecule has 3 rings (SSSR count). The molecule has 4 heteroatoms. The standard InChI is InChI=1S/C15H18FNOS/c1-19-14-8-12-5-6-13(9-14)17(12)15(18)10-3-2-4-11(16)7-10/h2-4,7,12-14H,5-6,8-9H2,1H3. The molecule has 2 aliphatic rings. The van der Waals surface area contributed by atoms with Crippen LogP contribution < -0.4 is 0 Å². The summed E-state index contributed by atoms with van der Waals surface area (Å²) in [6, 6.07) is 6.76. The van der Waals surface area contributed by atoms with Crippen LogP contribution in [0.4, 0.5) is 4.39 Å². The summed E-state index contributed by atoms with van der Waals surface area (Å²) < 4.78 is 13.2. The second-order valence-corrected chi connectivity index (χ2v) is 6.57. The fraction of sp³-hybridized carbons (Fsp3) is 0.533. The molecule has 1 amide bonds. The Balaban J connectivity index is 1.82. The van der Waals surface area contributed by atoms with E-state index in [4.69, 9.17) is 0 Å². The maximum atomic E-state index is 13.2. The van der Waals surface area contributed by atoms with Gasteiger partial charge in [0.1, 0.15) is 5.82 Å². The minimum Gasteiger partial charge on any atom is -0.333 e. The predicted molar refractivity (Wildman–Crippen MR) is 75.9 cm³/mol. The van der Waals surface area contributed by atoms with Crippen molar-refractivity contribution in [3.63, 3.8) is 0 Å². The Morgan fingerprint density at radius 2 is 2.00 bits per heavy atom. The summed E-state index contributed by atoms with van der Waals surface area (Å²) >= 11 is 1.91. The van der Waals surface area contributed by atoms with E-state index in [9.17, 15) is 9.18 Å². The molecule has 2 nitrogen and oxygen atoms in total. The molecule has 2 heterocycles. The van der Waals surface area contributed by atoms with E-state index in [2.05, 4.69) is 6.26 Å². The number of hydrogen-bond acceptors (Lipinski definition) is 2. The molecule has 1 aromatic rings. The molecule has 19 heavy (non-hydrogen) atoms. The number of thioether (sulfide) groups is 1. The van der Waals surface area contributed by atoms with Gasteiger partial charge in [0.15, 0.2) is 0 Å². The maximum absolute atomic E-state index is 13.2. The number of amides is 1. The molecule has 0 aromatic heterocycles. The van der Waals surface area contributed by atoms with Crippen molar-refractivity contribution in [2.75, 3.05) is 6.26 Å². The fourth-order valence-electron chi connectivity index (χ4n) is 3.42. The lowest BCUT2D eigenvalue weighted by Gasteiger charge is -2.38. The van der Waals surface area contributed by atoms with Crippen LogP contribution in [0.3, 0.4) is 0 Å². The van der Waals surface area contributed by atoms with Gasteiger partial charge in [0.2, 0.25) is 0 Å². The highest BCUT2D eigenvalue weighted by Gasteiger charge is 2.43. The topological polar surface area (TPSA) is 20.3 Å². The molecule has 2 saturated heterocycles. The van der Waals surface area contributed by atoms with Gasteiger partial charge in [-0.05, 0) is 50.1 Å². The van der Waals surface area contributed by atoms with Crippen molar-refractivity contribution >= 4 is 17.7 Å². The van der Waals surface area contributed by atoms with Gasteiger partial charge in [-0.15, -0.1) is 0 Å². The molecule has 1 aromatic carbocycles. The molecular weight excluding hydrogens is 261 g/mol. The summed E-state index contributed by atoms with van der Waals surface area (Å²) in [5.74, 6) is -0.330. The van der Waals surface area contributed by atoms with Crippen molar-refractivity contribution in [1.82, 2.24) is 4.90 Å². The zero-order chi connectivity index (χ0) is 13.4. The summed E-state index contributed by atoms with van der Waals surface area (Å²) in [7, 11) is 0. The van der Waals surface area contributed by atoms with Gasteiger partial charge in [0, 0.05) is 22.9 Å². The second kappa shape index (κ2) is 5.16. The molecule has 2 aliphatic heterocycles. The smallest absolute Gasteiger partial charge is 0.254 e. The van der Waals surface area contributed by atoms with Crippen LogP contribution in [0.2, 0.25) is 0 Å². The number of halogens is 1. The lowest BCUT2D eigenvalue weighted by molar-refractivity contribution is 0.0601. The lowest BCUT2D eigenvalue weighted by atomic mass is 10.0. The highest BCUT2D eigenvalue weighted by molar-refractivity contribution is 7.99. The quantitative estimate of drug-likeness (QED) is 0.827. The van der Waals surface area contributed by atoms with E-state index in [1.165, 1.54) is 12.1 Å². The predicted octanol–water partition coefficient (Wildman–Crippen LogP) is 3.32. The number of carbonyl (C=O) groups is 1. The van der Waals surface area contributed by atoms with Gasteiger partial charge in [0.25, 0.3) is 5.91 Å². The monoisotopic (exact) mass is 279 g/mol. The third kappa shape index (κ3) is 2.38. The highest BCUT2D eigenvalue weighted by atomic mass is 32.2. The number of piperidine rings is 1. The molecule has 2 atom stereocenters. The van der Waals surface area contributed by atoms with E-state index in [0.717, 1.165) is 25.7 Å². The average molecular weight is 279 g/mol. The molecule has 0 spiro atoms. The van der Waals surface area contributed by atoms with Gasteiger partial charge in [-0.3, -0.25) is 4.79 Å². The van der Waals surface area contributed by atoms with Gasteiger partial charge >= 0.3 is 0 Å². The van der Waals surface area contributed by atoms with Gasteiger partial charge < -0.3 is 4.90 Å². The third-order valence-corrected chi connectivity index (χ3v) is 5.38. The van der Waals surface area contributed by atoms with Crippen molar-refractivity contribution in [1.29, 1.82) is 0 Å². The van der Waals surface area contributed by atoms with E-state index in [1.807, 2.05) is 16.7 Å². The third-order valence-electron chi connectivity index (χ3n) is 4.33. The highest BCUT2D eigenvalue weighted by Crippen LogP contribution is 2.40. The first-order valence-corrected chi connectivity index (χ1v) is 8.09. The van der Waals surface area contributed by atoms with Crippen molar-refractivity contribution in [3.8, 4) is 0 Å². The number of rotatable bonds is 2. The van der Waals surface area contributed by atoms with Crippen molar-refractivity contribution in [3.05, 3.63) is 35.6 Å². The molecular formula is C15H18FNOS. The first-order chi connectivity index (χ1) is 9.19. The normalized spacial score (nSPS) is 29.6. The SMILES string of the molecule is CSC1CC2CCC(C1)N2C(=O)c1cccc(F)c1. The summed E-state index contributed by atoms with van der Waals surface area (Å²) in [5.41, 5.74) is 0.486. The van der Waals surface area contributed by atoms with Gasteiger partial charge in [-0.1, -0.05) is 6.07 Å². The van der Waals surface area contributed by atoms with E-state index >= 15 is 0 Å². The summed E-state index contributed by atoms with van der Waals surface area (Å²) in [6.07, 6.45) is 6.51. The molecule has 102 valence electrons. The van der Waals surface area contributed by atoms with E-state index in [-0.39, 0.29) is 11.7 Å². The minimum atomic E-state index is -0.336. The van der Waals surface area contributed by atoms with E-state index in [0.29, 0.717) is 22.9 Å². The Kier molecular flexibility index (Phi) is 3.52. The molecule has 2 unspecified atom stereocenters. The molecule has 0 N–H and O–H groups in total. The van der Waals surface area contributed by atoms with Crippen LogP contribution in [0.15, 0.2) is 24.3 Å². The van der Waals surface area contributed by atoms with Crippen LogP contribution in [0, 0.1) is 5.82 Å². The van der Waals surface area contributed by atoms with Crippen LogP contribution in [-0.4, -0.2) is 34.4 Å². The van der Waals surface area contributed by atoms with E-state index in [1.54, 1.807) is 12.1 Å². The molecule has 0 aliphatic carbocycles. The largest absolute Gasteiger partial charge is 0.333 e. The Labute approximate surface area is 117 Å². The Morgan fingerprint density at radius 1 is 1.32 bits per heavy atom. The van der Waals surface area contributed by atoms with Crippen molar-refractivity contribution in [2.24, 2.45) is 0 Å². The Bertz CT molecular complexity index is 479. The number of nitrogens with zero attached hydrogens (tertiary/aromatic N) is 1. The Morgan fingerprint density at radius 3 is 2.58 bits per heavy atom. The lowest BCUT2D eigenvalue weighted by Crippen LogP contribution is -2.47.